The maximum absolute atomic E-state index is 5.85. The molecule has 2 rings (SSSR count). The van der Waals surface area contributed by atoms with Gasteiger partial charge >= 0.3 is 0 Å². The van der Waals surface area contributed by atoms with Crippen molar-refractivity contribution in [3.63, 3.8) is 0 Å². The van der Waals surface area contributed by atoms with Crippen LogP contribution in [-0.2, 0) is 0 Å². The van der Waals surface area contributed by atoms with Crippen LogP contribution in [0.5, 0.6) is 0 Å². The Morgan fingerprint density at radius 1 is 1.35 bits per heavy atom. The molecule has 1 atom stereocenters. The van der Waals surface area contributed by atoms with E-state index in [1.54, 1.807) is 0 Å². The van der Waals surface area contributed by atoms with Crippen LogP contribution in [0.15, 0.2) is 24.3 Å². The van der Waals surface area contributed by atoms with Gasteiger partial charge in [-0.05, 0) is 37.2 Å². The van der Waals surface area contributed by atoms with Crippen LogP contribution in [0.2, 0.25) is 0 Å². The second-order valence-corrected chi connectivity index (χ2v) is 5.44. The summed E-state index contributed by atoms with van der Waals surface area (Å²) in [6, 6.07) is 9.04. The van der Waals surface area contributed by atoms with Gasteiger partial charge in [0.05, 0.1) is 6.04 Å². The fraction of sp³-hybridized carbons (Fsp3) is 0.600. The molecule has 0 bridgehead atoms. The van der Waals surface area contributed by atoms with Crippen molar-refractivity contribution in [3.05, 3.63) is 35.4 Å². The van der Waals surface area contributed by atoms with Gasteiger partial charge in [-0.15, -0.1) is 0 Å². The molecule has 0 saturated heterocycles. The summed E-state index contributed by atoms with van der Waals surface area (Å²) in [5.41, 5.74) is 6.10. The van der Waals surface area contributed by atoms with Gasteiger partial charge in [-0.25, -0.2) is 0 Å². The topological polar surface area (TPSA) is 38.0 Å². The van der Waals surface area contributed by atoms with E-state index in [1.807, 2.05) is 0 Å². The predicted octanol–water partition coefficient (Wildman–Crippen LogP) is 3.47. The molecule has 0 aromatic heterocycles. The van der Waals surface area contributed by atoms with Crippen LogP contribution in [0, 0.1) is 12.3 Å². The predicted molar refractivity (Wildman–Crippen MR) is 72.4 cm³/mol. The Morgan fingerprint density at radius 2 is 2.06 bits per heavy atom. The van der Waals surface area contributed by atoms with Gasteiger partial charge in [-0.2, -0.15) is 0 Å². The second kappa shape index (κ2) is 5.19. The SMILES string of the molecule is CCC1(C(NN)c2cccc(C)c2)CCCC1. The van der Waals surface area contributed by atoms with Gasteiger partial charge < -0.3 is 0 Å². The van der Waals surface area contributed by atoms with Crippen molar-refractivity contribution in [2.45, 2.75) is 52.0 Å². The summed E-state index contributed by atoms with van der Waals surface area (Å²) in [5, 5.41) is 0. The summed E-state index contributed by atoms with van der Waals surface area (Å²) < 4.78 is 0. The third-order valence-corrected chi connectivity index (χ3v) is 4.46. The van der Waals surface area contributed by atoms with E-state index >= 15 is 0 Å². The largest absolute Gasteiger partial charge is 0.271 e. The summed E-state index contributed by atoms with van der Waals surface area (Å²) in [6.07, 6.45) is 6.49. The Labute approximate surface area is 105 Å². The molecule has 0 heterocycles. The number of aryl methyl sites for hydroxylation is 1. The summed E-state index contributed by atoms with van der Waals surface area (Å²) in [7, 11) is 0. The lowest BCUT2D eigenvalue weighted by Crippen LogP contribution is -2.40. The highest BCUT2D eigenvalue weighted by molar-refractivity contribution is 5.27. The molecule has 2 nitrogen and oxygen atoms in total. The molecular weight excluding hydrogens is 208 g/mol. The maximum atomic E-state index is 5.85. The van der Waals surface area contributed by atoms with Gasteiger partial charge in [0.25, 0.3) is 0 Å². The number of rotatable bonds is 4. The molecule has 1 aromatic carbocycles. The Balaban J connectivity index is 2.32. The van der Waals surface area contributed by atoms with E-state index in [1.165, 1.54) is 43.2 Å². The smallest absolute Gasteiger partial charge is 0.0516 e. The third kappa shape index (κ3) is 2.38. The standard InChI is InChI=1S/C15H24N2/c1-3-15(9-4-5-10-15)14(17-16)13-8-6-7-12(2)11-13/h6-8,11,14,17H,3-5,9-10,16H2,1-2H3. The first-order valence-electron chi connectivity index (χ1n) is 6.74. The van der Waals surface area contributed by atoms with E-state index in [2.05, 4.69) is 43.5 Å². The van der Waals surface area contributed by atoms with Crippen molar-refractivity contribution in [1.29, 1.82) is 0 Å². The average Bonchev–Trinajstić information content (AvgIpc) is 2.80. The first-order valence-corrected chi connectivity index (χ1v) is 6.74. The van der Waals surface area contributed by atoms with Crippen molar-refractivity contribution in [2.24, 2.45) is 11.3 Å². The number of nitrogens with two attached hydrogens (primary N) is 1. The summed E-state index contributed by atoms with van der Waals surface area (Å²) in [4.78, 5) is 0. The zero-order valence-corrected chi connectivity index (χ0v) is 11.0. The molecule has 1 fully saturated rings. The summed E-state index contributed by atoms with van der Waals surface area (Å²) >= 11 is 0. The van der Waals surface area contributed by atoms with Crippen LogP contribution in [0.4, 0.5) is 0 Å². The molecule has 2 heteroatoms. The Kier molecular flexibility index (Phi) is 3.85. The molecule has 0 amide bonds. The maximum Gasteiger partial charge on any atom is 0.0516 e. The second-order valence-electron chi connectivity index (χ2n) is 5.44. The number of nitrogens with one attached hydrogen (secondary N) is 1. The summed E-state index contributed by atoms with van der Waals surface area (Å²) in [6.45, 7) is 4.44. The first kappa shape index (κ1) is 12.6. The normalized spacial score (nSPS) is 20.4. The van der Waals surface area contributed by atoms with E-state index in [4.69, 9.17) is 5.84 Å². The molecule has 94 valence electrons. The van der Waals surface area contributed by atoms with Gasteiger partial charge in [0.1, 0.15) is 0 Å². The molecule has 3 N–H and O–H groups in total. The highest BCUT2D eigenvalue weighted by Gasteiger charge is 2.39. The van der Waals surface area contributed by atoms with E-state index in [0.717, 1.165) is 0 Å². The lowest BCUT2D eigenvalue weighted by Gasteiger charge is -2.37. The van der Waals surface area contributed by atoms with Crippen molar-refractivity contribution >= 4 is 0 Å². The van der Waals surface area contributed by atoms with Crippen LogP contribution in [0.25, 0.3) is 0 Å². The molecule has 0 radical (unpaired) electrons. The van der Waals surface area contributed by atoms with Crippen LogP contribution in [0.1, 0.15) is 56.2 Å². The Bertz CT molecular complexity index is 367. The van der Waals surface area contributed by atoms with Gasteiger partial charge in [0, 0.05) is 0 Å². The minimum atomic E-state index is 0.301. The molecule has 0 spiro atoms. The minimum Gasteiger partial charge on any atom is -0.271 e. The van der Waals surface area contributed by atoms with Crippen molar-refractivity contribution < 1.29 is 0 Å². The lowest BCUT2D eigenvalue weighted by molar-refractivity contribution is 0.188. The molecule has 1 saturated carbocycles. The zero-order chi connectivity index (χ0) is 12.3. The quantitative estimate of drug-likeness (QED) is 0.616. The monoisotopic (exact) mass is 232 g/mol. The average molecular weight is 232 g/mol. The van der Waals surface area contributed by atoms with Crippen molar-refractivity contribution in [2.75, 3.05) is 0 Å². The van der Waals surface area contributed by atoms with E-state index in [0.29, 0.717) is 11.5 Å². The highest BCUT2D eigenvalue weighted by Crippen LogP contribution is 2.49. The van der Waals surface area contributed by atoms with Gasteiger partial charge in [-0.3, -0.25) is 11.3 Å². The summed E-state index contributed by atoms with van der Waals surface area (Å²) in [5.74, 6) is 5.85. The fourth-order valence-electron chi connectivity index (χ4n) is 3.40. The van der Waals surface area contributed by atoms with Crippen molar-refractivity contribution in [3.8, 4) is 0 Å². The molecule has 1 unspecified atom stereocenters. The van der Waals surface area contributed by atoms with Gasteiger partial charge in [0.2, 0.25) is 0 Å². The first-order chi connectivity index (χ1) is 8.22. The molecule has 0 aliphatic heterocycles. The van der Waals surface area contributed by atoms with Crippen LogP contribution < -0.4 is 11.3 Å². The van der Waals surface area contributed by atoms with E-state index < -0.39 is 0 Å². The molecule has 1 aliphatic rings. The van der Waals surface area contributed by atoms with Crippen molar-refractivity contribution in [1.82, 2.24) is 5.43 Å². The number of benzene rings is 1. The van der Waals surface area contributed by atoms with E-state index in [9.17, 15) is 0 Å². The highest BCUT2D eigenvalue weighted by atomic mass is 15.2. The number of hydrogen-bond acceptors (Lipinski definition) is 2. The van der Waals surface area contributed by atoms with Crippen LogP contribution in [-0.4, -0.2) is 0 Å². The van der Waals surface area contributed by atoms with Crippen LogP contribution in [0.3, 0.4) is 0 Å². The molecule has 1 aliphatic carbocycles. The lowest BCUT2D eigenvalue weighted by atomic mass is 9.73. The molecule has 17 heavy (non-hydrogen) atoms. The van der Waals surface area contributed by atoms with Crippen LogP contribution >= 0.6 is 0 Å². The van der Waals surface area contributed by atoms with Gasteiger partial charge in [-0.1, -0.05) is 49.6 Å². The number of hydrazine groups is 1. The Morgan fingerprint density at radius 3 is 2.59 bits per heavy atom. The molecule has 1 aromatic rings. The zero-order valence-electron chi connectivity index (χ0n) is 11.0. The minimum absolute atomic E-state index is 0.301. The number of hydrogen-bond donors (Lipinski definition) is 2. The Hall–Kier alpha value is -0.860. The fourth-order valence-corrected chi connectivity index (χ4v) is 3.40. The van der Waals surface area contributed by atoms with E-state index in [-0.39, 0.29) is 0 Å². The van der Waals surface area contributed by atoms with Gasteiger partial charge in [0.15, 0.2) is 0 Å². The third-order valence-electron chi connectivity index (χ3n) is 4.46. The molecular formula is C15H24N2.